The van der Waals surface area contributed by atoms with Crippen LogP contribution in [0, 0.1) is 0 Å². The first-order valence-corrected chi connectivity index (χ1v) is 10.4. The van der Waals surface area contributed by atoms with Crippen molar-refractivity contribution in [2.75, 3.05) is 26.2 Å². The summed E-state index contributed by atoms with van der Waals surface area (Å²) in [4.78, 5) is 26.6. The van der Waals surface area contributed by atoms with Gasteiger partial charge in [-0.15, -0.1) is 0 Å². The number of carbonyl (C=O) groups is 1. The molecule has 8 heteroatoms. The van der Waals surface area contributed by atoms with Crippen molar-refractivity contribution in [3.8, 4) is 5.69 Å². The second-order valence-corrected chi connectivity index (χ2v) is 9.24. The molecule has 1 aromatic carbocycles. The average molecular weight is 389 g/mol. The average Bonchev–Trinajstić information content (AvgIpc) is 2.68. The van der Waals surface area contributed by atoms with E-state index in [4.69, 9.17) is 0 Å². The normalized spacial score (nSPS) is 15.9. The summed E-state index contributed by atoms with van der Waals surface area (Å²) in [6.07, 6.45) is 1.54. The van der Waals surface area contributed by atoms with Gasteiger partial charge in [0, 0.05) is 44.1 Å². The molecule has 0 unspecified atom stereocenters. The van der Waals surface area contributed by atoms with Gasteiger partial charge < -0.3 is 4.90 Å². The first-order valence-electron chi connectivity index (χ1n) is 8.87. The van der Waals surface area contributed by atoms with Crippen molar-refractivity contribution < 1.29 is 13.2 Å². The molecule has 0 atom stereocenters. The van der Waals surface area contributed by atoms with Crippen LogP contribution in [0.15, 0.2) is 53.5 Å². The highest BCUT2D eigenvalue weighted by atomic mass is 32.2. The van der Waals surface area contributed by atoms with Gasteiger partial charge in [-0.05, 0) is 32.0 Å². The van der Waals surface area contributed by atoms with E-state index in [-0.39, 0.29) is 24.6 Å². The molecule has 1 aliphatic heterocycles. The van der Waals surface area contributed by atoms with Crippen molar-refractivity contribution in [1.29, 1.82) is 0 Å². The number of hydrogen-bond acceptors (Lipinski definition) is 4. The van der Waals surface area contributed by atoms with Crippen LogP contribution in [0.1, 0.15) is 24.2 Å². The van der Waals surface area contributed by atoms with Crippen molar-refractivity contribution >= 4 is 15.9 Å². The van der Waals surface area contributed by atoms with E-state index in [2.05, 4.69) is 0 Å². The number of amides is 1. The monoisotopic (exact) mass is 389 g/mol. The molecule has 2 heterocycles. The van der Waals surface area contributed by atoms with E-state index in [1.165, 1.54) is 27.2 Å². The Labute approximate surface area is 158 Å². The molecule has 1 saturated heterocycles. The minimum Gasteiger partial charge on any atom is -0.336 e. The van der Waals surface area contributed by atoms with Gasteiger partial charge in [-0.25, -0.2) is 8.42 Å². The van der Waals surface area contributed by atoms with Crippen LogP contribution in [0.4, 0.5) is 0 Å². The Balaban J connectivity index is 1.77. The predicted molar refractivity (Wildman–Crippen MR) is 104 cm³/mol. The van der Waals surface area contributed by atoms with Crippen LogP contribution in [0.5, 0.6) is 0 Å². The quantitative estimate of drug-likeness (QED) is 0.790. The summed E-state index contributed by atoms with van der Waals surface area (Å²) in [7, 11) is -3.31. The summed E-state index contributed by atoms with van der Waals surface area (Å²) >= 11 is 0. The zero-order chi connectivity index (χ0) is 19.6. The molecule has 1 aromatic heterocycles. The molecule has 2 aromatic rings. The zero-order valence-electron chi connectivity index (χ0n) is 15.4. The number of benzene rings is 1. The molecule has 1 aliphatic rings. The third kappa shape index (κ3) is 3.96. The summed E-state index contributed by atoms with van der Waals surface area (Å²) in [5.74, 6) is -0.207. The third-order valence-corrected chi connectivity index (χ3v) is 6.95. The van der Waals surface area contributed by atoms with E-state index in [0.717, 1.165) is 0 Å². The molecule has 1 fully saturated rings. The summed E-state index contributed by atoms with van der Waals surface area (Å²) in [5, 5.41) is -0.478. The predicted octanol–water partition coefficient (Wildman–Crippen LogP) is 1.33. The Kier molecular flexibility index (Phi) is 5.48. The lowest BCUT2D eigenvalue weighted by Gasteiger charge is -2.35. The van der Waals surface area contributed by atoms with Crippen molar-refractivity contribution in [3.63, 3.8) is 0 Å². The number of pyridine rings is 1. The van der Waals surface area contributed by atoms with Gasteiger partial charge in [0.2, 0.25) is 10.0 Å². The molecule has 0 N–H and O–H groups in total. The fourth-order valence-corrected chi connectivity index (χ4v) is 4.30. The van der Waals surface area contributed by atoms with Gasteiger partial charge in [0.25, 0.3) is 11.5 Å². The maximum absolute atomic E-state index is 12.8. The van der Waals surface area contributed by atoms with Crippen LogP contribution in [0.3, 0.4) is 0 Å². The number of aromatic nitrogens is 1. The largest absolute Gasteiger partial charge is 0.336 e. The number of carbonyl (C=O) groups excluding carboxylic acids is 1. The van der Waals surface area contributed by atoms with Gasteiger partial charge in [-0.3, -0.25) is 14.2 Å². The summed E-state index contributed by atoms with van der Waals surface area (Å²) in [6, 6.07) is 12.0. The fraction of sp³-hybridized carbons (Fsp3) is 0.368. The van der Waals surface area contributed by atoms with E-state index in [9.17, 15) is 18.0 Å². The molecule has 0 aliphatic carbocycles. The first-order chi connectivity index (χ1) is 12.8. The van der Waals surface area contributed by atoms with Crippen molar-refractivity contribution in [1.82, 2.24) is 13.8 Å². The lowest BCUT2D eigenvalue weighted by Crippen LogP contribution is -2.52. The summed E-state index contributed by atoms with van der Waals surface area (Å²) in [5.41, 5.74) is 0.870. The van der Waals surface area contributed by atoms with Gasteiger partial charge >= 0.3 is 0 Å². The van der Waals surface area contributed by atoms with Crippen LogP contribution >= 0.6 is 0 Å². The minimum atomic E-state index is -3.31. The maximum atomic E-state index is 12.8. The van der Waals surface area contributed by atoms with Crippen LogP contribution in [-0.2, 0) is 10.0 Å². The van der Waals surface area contributed by atoms with Crippen LogP contribution in [0.2, 0.25) is 0 Å². The molecule has 0 bridgehead atoms. The fourth-order valence-electron chi connectivity index (χ4n) is 3.03. The zero-order valence-corrected chi connectivity index (χ0v) is 16.2. The SMILES string of the molecule is CC(C)S(=O)(=O)N1CCN(C(=O)c2ccc(=O)n(-c3ccccc3)c2)CC1. The van der Waals surface area contributed by atoms with E-state index < -0.39 is 15.3 Å². The Bertz CT molecular complexity index is 976. The summed E-state index contributed by atoms with van der Waals surface area (Å²) < 4.78 is 27.4. The second kappa shape index (κ2) is 7.66. The van der Waals surface area contributed by atoms with Crippen molar-refractivity contribution in [2.24, 2.45) is 0 Å². The van der Waals surface area contributed by atoms with Gasteiger partial charge in [0.1, 0.15) is 0 Å². The van der Waals surface area contributed by atoms with Gasteiger partial charge in [0.15, 0.2) is 0 Å². The van der Waals surface area contributed by atoms with E-state index in [0.29, 0.717) is 24.3 Å². The van der Waals surface area contributed by atoms with Gasteiger partial charge in [0.05, 0.1) is 10.8 Å². The Morgan fingerprint density at radius 2 is 1.59 bits per heavy atom. The van der Waals surface area contributed by atoms with E-state index in [1.54, 1.807) is 30.9 Å². The van der Waals surface area contributed by atoms with Gasteiger partial charge in [-0.1, -0.05) is 18.2 Å². The van der Waals surface area contributed by atoms with Crippen LogP contribution < -0.4 is 5.56 Å². The lowest BCUT2D eigenvalue weighted by molar-refractivity contribution is 0.0697. The van der Waals surface area contributed by atoms with Crippen LogP contribution in [0.25, 0.3) is 5.69 Å². The molecule has 3 rings (SSSR count). The molecular formula is C19H23N3O4S. The third-order valence-electron chi connectivity index (χ3n) is 4.67. The Morgan fingerprint density at radius 3 is 2.19 bits per heavy atom. The summed E-state index contributed by atoms with van der Waals surface area (Å²) in [6.45, 7) is 4.53. The Hall–Kier alpha value is -2.45. The van der Waals surface area contributed by atoms with Crippen LogP contribution in [-0.4, -0.2) is 59.5 Å². The molecule has 27 heavy (non-hydrogen) atoms. The molecule has 0 spiro atoms. The maximum Gasteiger partial charge on any atom is 0.255 e. The smallest absolute Gasteiger partial charge is 0.255 e. The molecular weight excluding hydrogens is 366 g/mol. The Morgan fingerprint density at radius 1 is 0.963 bits per heavy atom. The molecule has 0 radical (unpaired) electrons. The number of hydrogen-bond donors (Lipinski definition) is 0. The highest BCUT2D eigenvalue weighted by molar-refractivity contribution is 7.89. The number of piperazine rings is 1. The van der Waals surface area contributed by atoms with E-state index >= 15 is 0 Å². The molecule has 144 valence electrons. The number of rotatable bonds is 4. The lowest BCUT2D eigenvalue weighted by atomic mass is 10.2. The van der Waals surface area contributed by atoms with Crippen molar-refractivity contribution in [2.45, 2.75) is 19.1 Å². The number of sulfonamides is 1. The molecule has 7 nitrogen and oxygen atoms in total. The minimum absolute atomic E-state index is 0.207. The highest BCUT2D eigenvalue weighted by Crippen LogP contribution is 2.15. The molecule has 0 saturated carbocycles. The van der Waals surface area contributed by atoms with E-state index in [1.807, 2.05) is 18.2 Å². The topological polar surface area (TPSA) is 79.7 Å². The highest BCUT2D eigenvalue weighted by Gasteiger charge is 2.31. The standard InChI is InChI=1S/C19H23N3O4S/c1-15(2)27(25,26)21-12-10-20(11-13-21)19(24)16-8-9-18(23)22(14-16)17-6-4-3-5-7-17/h3-9,14-15H,10-13H2,1-2H3. The first kappa shape index (κ1) is 19.3. The van der Waals surface area contributed by atoms with Crippen molar-refractivity contribution in [3.05, 3.63) is 64.6 Å². The van der Waals surface area contributed by atoms with Gasteiger partial charge in [-0.2, -0.15) is 4.31 Å². The second-order valence-electron chi connectivity index (χ2n) is 6.75. The number of nitrogens with zero attached hydrogens (tertiary/aromatic N) is 3. The number of para-hydroxylation sites is 1. The molecule has 1 amide bonds.